The van der Waals surface area contributed by atoms with Crippen molar-refractivity contribution in [1.82, 2.24) is 10.6 Å². The monoisotopic (exact) mass is 389 g/mol. The van der Waals surface area contributed by atoms with Crippen molar-refractivity contribution in [3.63, 3.8) is 0 Å². The van der Waals surface area contributed by atoms with Gasteiger partial charge in [-0.2, -0.15) is 0 Å². The highest BCUT2D eigenvalue weighted by atomic mass is 16.5. The lowest BCUT2D eigenvalue weighted by molar-refractivity contribution is -0.120. The first-order chi connectivity index (χ1) is 13.3. The maximum absolute atomic E-state index is 12.2. The van der Waals surface area contributed by atoms with Gasteiger partial charge in [0.25, 0.3) is 0 Å². The SMILES string of the molecule is CC(C)CNC(=O)NC(=O)C(C)Nc1cccc(COC2CCCC(C)C2)c1. The van der Waals surface area contributed by atoms with Gasteiger partial charge in [0.05, 0.1) is 12.7 Å². The fourth-order valence-electron chi connectivity index (χ4n) is 3.37. The molecule has 3 N–H and O–H groups in total. The van der Waals surface area contributed by atoms with Crippen LogP contribution in [0.4, 0.5) is 10.5 Å². The summed E-state index contributed by atoms with van der Waals surface area (Å²) >= 11 is 0. The summed E-state index contributed by atoms with van der Waals surface area (Å²) in [5, 5.41) is 8.19. The summed E-state index contributed by atoms with van der Waals surface area (Å²) < 4.78 is 6.09. The highest BCUT2D eigenvalue weighted by molar-refractivity contribution is 5.97. The fourth-order valence-corrected chi connectivity index (χ4v) is 3.37. The lowest BCUT2D eigenvalue weighted by Gasteiger charge is -2.26. The molecule has 1 aliphatic rings. The van der Waals surface area contributed by atoms with Crippen LogP contribution in [0.3, 0.4) is 0 Å². The van der Waals surface area contributed by atoms with Crippen molar-refractivity contribution in [3.8, 4) is 0 Å². The number of ether oxygens (including phenoxy) is 1. The summed E-state index contributed by atoms with van der Waals surface area (Å²) in [6, 6.07) is 6.90. The van der Waals surface area contributed by atoms with Gasteiger partial charge in [0.1, 0.15) is 6.04 Å². The molecule has 0 saturated heterocycles. The second-order valence-electron chi connectivity index (χ2n) is 8.36. The molecule has 6 heteroatoms. The molecule has 0 heterocycles. The standard InChI is InChI=1S/C22H35N3O3/c1-15(2)13-23-22(27)25-21(26)17(4)24-19-9-6-8-18(12-19)14-28-20-10-5-7-16(3)11-20/h6,8-9,12,15-17,20,24H,5,7,10-11,13-14H2,1-4H3,(H2,23,25,26,27). The third-order valence-corrected chi connectivity index (χ3v) is 4.99. The molecule has 3 unspecified atom stereocenters. The molecular weight excluding hydrogens is 354 g/mol. The van der Waals surface area contributed by atoms with Crippen molar-refractivity contribution in [2.24, 2.45) is 11.8 Å². The van der Waals surface area contributed by atoms with Crippen LogP contribution in [0.5, 0.6) is 0 Å². The highest BCUT2D eigenvalue weighted by Gasteiger charge is 2.19. The first-order valence-electron chi connectivity index (χ1n) is 10.4. The Morgan fingerprint density at radius 3 is 2.71 bits per heavy atom. The van der Waals surface area contributed by atoms with Crippen LogP contribution < -0.4 is 16.0 Å². The Labute approximate surface area is 168 Å². The van der Waals surface area contributed by atoms with Gasteiger partial charge >= 0.3 is 6.03 Å². The molecule has 28 heavy (non-hydrogen) atoms. The third-order valence-electron chi connectivity index (χ3n) is 4.99. The molecule has 0 aliphatic heterocycles. The smallest absolute Gasteiger partial charge is 0.321 e. The van der Waals surface area contributed by atoms with Gasteiger partial charge in [-0.15, -0.1) is 0 Å². The second kappa shape index (κ2) is 11.1. The zero-order chi connectivity index (χ0) is 20.5. The fraction of sp³-hybridized carbons (Fsp3) is 0.636. The normalized spacial score (nSPS) is 20.5. The number of anilines is 1. The molecule has 1 aromatic carbocycles. The van der Waals surface area contributed by atoms with Crippen molar-refractivity contribution in [2.75, 3.05) is 11.9 Å². The van der Waals surface area contributed by atoms with E-state index in [1.54, 1.807) is 6.92 Å². The third kappa shape index (κ3) is 7.89. The van der Waals surface area contributed by atoms with E-state index in [0.717, 1.165) is 30.0 Å². The predicted molar refractivity (Wildman–Crippen MR) is 112 cm³/mol. The first kappa shape index (κ1) is 22.2. The van der Waals surface area contributed by atoms with Gasteiger partial charge in [-0.1, -0.05) is 45.7 Å². The molecule has 1 aliphatic carbocycles. The molecule has 3 amide bonds. The van der Waals surface area contributed by atoms with E-state index < -0.39 is 12.1 Å². The topological polar surface area (TPSA) is 79.5 Å². The van der Waals surface area contributed by atoms with Gasteiger partial charge in [-0.3, -0.25) is 10.1 Å². The minimum Gasteiger partial charge on any atom is -0.374 e. The van der Waals surface area contributed by atoms with E-state index in [2.05, 4.69) is 22.9 Å². The molecule has 2 rings (SSSR count). The van der Waals surface area contributed by atoms with Gasteiger partial charge in [0, 0.05) is 12.2 Å². The van der Waals surface area contributed by atoms with Crippen LogP contribution in [0.1, 0.15) is 58.9 Å². The van der Waals surface area contributed by atoms with E-state index in [1.807, 2.05) is 38.1 Å². The molecule has 156 valence electrons. The van der Waals surface area contributed by atoms with Crippen molar-refractivity contribution < 1.29 is 14.3 Å². The van der Waals surface area contributed by atoms with E-state index in [4.69, 9.17) is 4.74 Å². The summed E-state index contributed by atoms with van der Waals surface area (Å²) in [6.07, 6.45) is 5.15. The average molecular weight is 390 g/mol. The largest absolute Gasteiger partial charge is 0.374 e. The Bertz CT molecular complexity index is 648. The molecule has 0 spiro atoms. The maximum atomic E-state index is 12.2. The molecular formula is C22H35N3O3. The average Bonchev–Trinajstić information content (AvgIpc) is 2.65. The second-order valence-corrected chi connectivity index (χ2v) is 8.36. The minimum absolute atomic E-state index is 0.332. The zero-order valence-corrected chi connectivity index (χ0v) is 17.6. The number of urea groups is 1. The molecule has 6 nitrogen and oxygen atoms in total. The van der Waals surface area contributed by atoms with Gasteiger partial charge in [-0.05, 0) is 49.3 Å². The van der Waals surface area contributed by atoms with Crippen molar-refractivity contribution >= 4 is 17.6 Å². The molecule has 0 bridgehead atoms. The zero-order valence-electron chi connectivity index (χ0n) is 17.6. The number of rotatable bonds is 8. The number of amides is 3. The van der Waals surface area contributed by atoms with E-state index >= 15 is 0 Å². The Balaban J connectivity index is 1.80. The van der Waals surface area contributed by atoms with E-state index in [9.17, 15) is 9.59 Å². The number of carbonyl (C=O) groups excluding carboxylic acids is 2. The maximum Gasteiger partial charge on any atom is 0.321 e. The summed E-state index contributed by atoms with van der Waals surface area (Å²) in [4.78, 5) is 23.9. The Kier molecular flexibility index (Phi) is 8.77. The quantitative estimate of drug-likeness (QED) is 0.626. The van der Waals surface area contributed by atoms with Crippen molar-refractivity contribution in [1.29, 1.82) is 0 Å². The van der Waals surface area contributed by atoms with Gasteiger partial charge in [-0.25, -0.2) is 4.79 Å². The lowest BCUT2D eigenvalue weighted by atomic mass is 9.89. The van der Waals surface area contributed by atoms with Crippen LogP contribution in [0.2, 0.25) is 0 Å². The van der Waals surface area contributed by atoms with Gasteiger partial charge in [0.2, 0.25) is 5.91 Å². The summed E-state index contributed by atoms with van der Waals surface area (Å²) in [5.74, 6) is 0.709. The minimum atomic E-state index is -0.528. The highest BCUT2D eigenvalue weighted by Crippen LogP contribution is 2.26. The predicted octanol–water partition coefficient (Wildman–Crippen LogP) is 4.06. The van der Waals surface area contributed by atoms with Gasteiger partial charge < -0.3 is 15.4 Å². The number of benzene rings is 1. The summed E-state index contributed by atoms with van der Waals surface area (Å²) in [7, 11) is 0. The van der Waals surface area contributed by atoms with Gasteiger partial charge in [0.15, 0.2) is 0 Å². The Morgan fingerprint density at radius 1 is 1.21 bits per heavy atom. The van der Waals surface area contributed by atoms with Crippen LogP contribution in [0, 0.1) is 11.8 Å². The van der Waals surface area contributed by atoms with Crippen LogP contribution in [-0.4, -0.2) is 30.6 Å². The lowest BCUT2D eigenvalue weighted by Crippen LogP contribution is -2.46. The Hall–Kier alpha value is -2.08. The van der Waals surface area contributed by atoms with Crippen molar-refractivity contribution in [3.05, 3.63) is 29.8 Å². The number of nitrogens with one attached hydrogen (secondary N) is 3. The Morgan fingerprint density at radius 2 is 2.00 bits per heavy atom. The van der Waals surface area contributed by atoms with Crippen LogP contribution in [-0.2, 0) is 16.1 Å². The molecule has 1 aromatic rings. The summed E-state index contributed by atoms with van der Waals surface area (Å²) in [5.41, 5.74) is 1.91. The molecule has 1 fully saturated rings. The number of carbonyl (C=O) groups is 2. The van der Waals surface area contributed by atoms with Crippen LogP contribution in [0.25, 0.3) is 0 Å². The van der Waals surface area contributed by atoms with Crippen LogP contribution in [0.15, 0.2) is 24.3 Å². The van der Waals surface area contributed by atoms with E-state index in [-0.39, 0.29) is 5.91 Å². The molecule has 0 radical (unpaired) electrons. The van der Waals surface area contributed by atoms with Crippen LogP contribution >= 0.6 is 0 Å². The van der Waals surface area contributed by atoms with Crippen molar-refractivity contribution in [2.45, 2.75) is 72.1 Å². The number of imide groups is 1. The molecule has 0 aromatic heterocycles. The van der Waals surface area contributed by atoms with E-state index in [0.29, 0.717) is 25.2 Å². The molecule has 3 atom stereocenters. The molecule has 1 saturated carbocycles. The number of hydrogen-bond donors (Lipinski definition) is 3. The number of hydrogen-bond acceptors (Lipinski definition) is 4. The summed E-state index contributed by atoms with van der Waals surface area (Å²) in [6.45, 7) is 9.12. The first-order valence-corrected chi connectivity index (χ1v) is 10.4. The van der Waals surface area contributed by atoms with E-state index in [1.165, 1.54) is 12.8 Å².